The fourth-order valence-electron chi connectivity index (χ4n) is 2.92. The van der Waals surface area contributed by atoms with Gasteiger partial charge in [-0.15, -0.1) is 0 Å². The molecule has 27 heavy (non-hydrogen) atoms. The predicted octanol–water partition coefficient (Wildman–Crippen LogP) is 2.32. The highest BCUT2D eigenvalue weighted by Crippen LogP contribution is 2.29. The van der Waals surface area contributed by atoms with Gasteiger partial charge in [-0.2, -0.15) is 4.39 Å². The molecule has 0 radical (unpaired) electrons. The van der Waals surface area contributed by atoms with E-state index in [0.29, 0.717) is 16.9 Å². The average Bonchev–Trinajstić information content (AvgIpc) is 3.20. The van der Waals surface area contributed by atoms with Gasteiger partial charge < -0.3 is 20.1 Å². The highest BCUT2D eigenvalue weighted by atomic mass is 19.1. The van der Waals surface area contributed by atoms with Gasteiger partial charge in [0.25, 0.3) is 0 Å². The van der Waals surface area contributed by atoms with Crippen LogP contribution in [0.3, 0.4) is 0 Å². The number of nitrogens with one attached hydrogen (secondary N) is 2. The Morgan fingerprint density at radius 1 is 1.33 bits per heavy atom. The topological polar surface area (TPSA) is 72.5 Å². The van der Waals surface area contributed by atoms with Gasteiger partial charge in [-0.3, -0.25) is 4.79 Å². The zero-order chi connectivity index (χ0) is 19.2. The lowest BCUT2D eigenvalue weighted by molar-refractivity contribution is -0.122. The highest BCUT2D eigenvalue weighted by molar-refractivity contribution is 5.82. The van der Waals surface area contributed by atoms with Crippen molar-refractivity contribution in [2.75, 3.05) is 13.7 Å². The Balaban J connectivity index is 1.66. The van der Waals surface area contributed by atoms with Crippen LogP contribution < -0.4 is 20.1 Å². The number of carbonyl (C=O) groups is 1. The molecule has 3 rings (SSSR count). The molecule has 0 aliphatic carbocycles. The number of pyridine rings is 1. The summed E-state index contributed by atoms with van der Waals surface area (Å²) < 4.78 is 38.2. The summed E-state index contributed by atoms with van der Waals surface area (Å²) in [5.41, 5.74) is 1.03. The quantitative estimate of drug-likeness (QED) is 0.725. The van der Waals surface area contributed by atoms with Gasteiger partial charge in [0.15, 0.2) is 11.6 Å². The molecule has 0 spiro atoms. The summed E-state index contributed by atoms with van der Waals surface area (Å²) in [6, 6.07) is 5.28. The van der Waals surface area contributed by atoms with Crippen LogP contribution in [0.5, 0.6) is 11.5 Å². The molecule has 6 nitrogen and oxygen atoms in total. The number of ether oxygens (including phenoxy) is 2. The Morgan fingerprint density at radius 2 is 2.19 bits per heavy atom. The summed E-state index contributed by atoms with van der Waals surface area (Å²) in [4.78, 5) is 15.5. The van der Waals surface area contributed by atoms with Crippen molar-refractivity contribution in [3.05, 3.63) is 53.4 Å². The fraction of sp³-hybridized carbons (Fsp3) is 0.368. The Bertz CT molecular complexity index is 811. The molecule has 1 aromatic heterocycles. The van der Waals surface area contributed by atoms with Gasteiger partial charge in [0, 0.05) is 24.4 Å². The summed E-state index contributed by atoms with van der Waals surface area (Å²) >= 11 is 0. The summed E-state index contributed by atoms with van der Waals surface area (Å²) in [5.74, 6) is -0.954. The van der Waals surface area contributed by atoms with E-state index in [4.69, 9.17) is 9.47 Å². The summed E-state index contributed by atoms with van der Waals surface area (Å²) in [7, 11) is 1.46. The maximum Gasteiger partial charge on any atom is 0.237 e. The number of carbonyl (C=O) groups excluding carboxylic acids is 1. The summed E-state index contributed by atoms with van der Waals surface area (Å²) in [6.45, 7) is 0.958. The predicted molar refractivity (Wildman–Crippen MR) is 94.4 cm³/mol. The lowest BCUT2D eigenvalue weighted by Gasteiger charge is -2.15. The second-order valence-corrected chi connectivity index (χ2v) is 6.24. The zero-order valence-electron chi connectivity index (χ0n) is 14.9. The maximum atomic E-state index is 14.4. The molecule has 0 bridgehead atoms. The van der Waals surface area contributed by atoms with E-state index < -0.39 is 11.8 Å². The lowest BCUT2D eigenvalue weighted by Crippen LogP contribution is -2.40. The SMILES string of the molecule is COc1cc(OCc2ccnc(F)c2)c(F)cc1CNC(=O)C1CCCN1. The van der Waals surface area contributed by atoms with Crippen molar-refractivity contribution < 1.29 is 23.0 Å². The number of nitrogens with zero attached hydrogens (tertiary/aromatic N) is 1. The number of halogens is 2. The maximum absolute atomic E-state index is 14.4. The van der Waals surface area contributed by atoms with Gasteiger partial charge in [-0.05, 0) is 43.1 Å². The minimum atomic E-state index is -0.628. The van der Waals surface area contributed by atoms with Crippen molar-refractivity contribution in [3.63, 3.8) is 0 Å². The molecular formula is C19H21F2N3O3. The Hall–Kier alpha value is -2.74. The summed E-state index contributed by atoms with van der Waals surface area (Å²) in [5, 5.41) is 5.90. The molecular weight excluding hydrogens is 356 g/mol. The molecule has 1 atom stereocenters. The monoisotopic (exact) mass is 377 g/mol. The molecule has 144 valence electrons. The normalized spacial score (nSPS) is 16.2. The molecule has 1 aliphatic rings. The van der Waals surface area contributed by atoms with Gasteiger partial charge in [-0.25, -0.2) is 9.37 Å². The van der Waals surface area contributed by atoms with E-state index in [9.17, 15) is 13.6 Å². The van der Waals surface area contributed by atoms with Crippen LogP contribution in [0.2, 0.25) is 0 Å². The fourth-order valence-corrected chi connectivity index (χ4v) is 2.92. The van der Waals surface area contributed by atoms with Crippen LogP contribution >= 0.6 is 0 Å². The summed E-state index contributed by atoms with van der Waals surface area (Å²) in [6.07, 6.45) is 3.07. The Morgan fingerprint density at radius 3 is 2.89 bits per heavy atom. The van der Waals surface area contributed by atoms with Crippen LogP contribution in [0, 0.1) is 11.8 Å². The Labute approximate surface area is 155 Å². The van der Waals surface area contributed by atoms with Crippen LogP contribution in [0.1, 0.15) is 24.0 Å². The smallest absolute Gasteiger partial charge is 0.237 e. The molecule has 2 N–H and O–H groups in total. The number of hydrogen-bond acceptors (Lipinski definition) is 5. The second-order valence-electron chi connectivity index (χ2n) is 6.24. The molecule has 0 saturated carbocycles. The third kappa shape index (κ3) is 4.91. The number of methoxy groups -OCH3 is 1. The molecule has 1 aliphatic heterocycles. The molecule has 8 heteroatoms. The first-order valence-electron chi connectivity index (χ1n) is 8.67. The van der Waals surface area contributed by atoms with Crippen molar-refractivity contribution in [2.24, 2.45) is 0 Å². The van der Waals surface area contributed by atoms with Gasteiger partial charge in [0.1, 0.15) is 12.4 Å². The van der Waals surface area contributed by atoms with Gasteiger partial charge in [0.05, 0.1) is 13.2 Å². The van der Waals surface area contributed by atoms with Crippen molar-refractivity contribution in [1.82, 2.24) is 15.6 Å². The molecule has 1 aromatic carbocycles. The van der Waals surface area contributed by atoms with E-state index in [1.807, 2.05) is 0 Å². The van der Waals surface area contributed by atoms with Gasteiger partial charge in [0.2, 0.25) is 11.9 Å². The van der Waals surface area contributed by atoms with Crippen LogP contribution in [-0.4, -0.2) is 30.6 Å². The zero-order valence-corrected chi connectivity index (χ0v) is 14.9. The van der Waals surface area contributed by atoms with E-state index in [0.717, 1.165) is 19.4 Å². The van der Waals surface area contributed by atoms with Crippen LogP contribution in [0.4, 0.5) is 8.78 Å². The van der Waals surface area contributed by atoms with Crippen LogP contribution in [0.25, 0.3) is 0 Å². The number of benzene rings is 1. The second kappa shape index (κ2) is 8.77. The third-order valence-corrected chi connectivity index (χ3v) is 4.35. The average molecular weight is 377 g/mol. The number of aromatic nitrogens is 1. The van der Waals surface area contributed by atoms with Crippen molar-refractivity contribution in [2.45, 2.75) is 32.0 Å². The van der Waals surface area contributed by atoms with Gasteiger partial charge in [-0.1, -0.05) is 0 Å². The molecule has 2 aromatic rings. The van der Waals surface area contributed by atoms with E-state index in [1.165, 1.54) is 31.5 Å². The third-order valence-electron chi connectivity index (χ3n) is 4.35. The molecule has 1 unspecified atom stereocenters. The molecule has 2 heterocycles. The molecule has 1 fully saturated rings. The first kappa shape index (κ1) is 19.0. The molecule has 1 amide bonds. The minimum Gasteiger partial charge on any atom is -0.496 e. The number of amides is 1. The highest BCUT2D eigenvalue weighted by Gasteiger charge is 2.22. The standard InChI is InChI=1S/C19H21F2N3O3/c1-26-16-9-17(27-11-12-4-6-23-18(21)7-12)14(20)8-13(16)10-24-19(25)15-3-2-5-22-15/h4,6-9,15,22H,2-3,5,10-11H2,1H3,(H,24,25). The largest absolute Gasteiger partial charge is 0.496 e. The molecule has 1 saturated heterocycles. The number of hydrogen-bond donors (Lipinski definition) is 2. The van der Waals surface area contributed by atoms with Crippen LogP contribution in [0.15, 0.2) is 30.5 Å². The van der Waals surface area contributed by atoms with Gasteiger partial charge >= 0.3 is 0 Å². The lowest BCUT2D eigenvalue weighted by atomic mass is 10.1. The minimum absolute atomic E-state index is 0.0110. The van der Waals surface area contributed by atoms with Crippen molar-refractivity contribution in [1.29, 1.82) is 0 Å². The van der Waals surface area contributed by atoms with Crippen LogP contribution in [-0.2, 0) is 17.9 Å². The Kier molecular flexibility index (Phi) is 6.18. The van der Waals surface area contributed by atoms with E-state index >= 15 is 0 Å². The number of rotatable bonds is 7. The van der Waals surface area contributed by atoms with E-state index in [1.54, 1.807) is 6.07 Å². The van der Waals surface area contributed by atoms with E-state index in [-0.39, 0.29) is 30.9 Å². The van der Waals surface area contributed by atoms with E-state index in [2.05, 4.69) is 15.6 Å². The van der Waals surface area contributed by atoms with Crippen molar-refractivity contribution in [3.8, 4) is 11.5 Å². The first-order valence-corrected chi connectivity index (χ1v) is 8.67. The first-order chi connectivity index (χ1) is 13.1. The van der Waals surface area contributed by atoms with Crippen molar-refractivity contribution >= 4 is 5.91 Å².